The molecule has 0 spiro atoms. The summed E-state index contributed by atoms with van der Waals surface area (Å²) in [6, 6.07) is 19.9. The van der Waals surface area contributed by atoms with E-state index in [1.807, 2.05) is 55.5 Å². The normalized spacial score (nSPS) is 13.7. The van der Waals surface area contributed by atoms with Gasteiger partial charge in [-0.2, -0.15) is 0 Å². The minimum absolute atomic E-state index is 0.279. The number of nitrogens with zero attached hydrogens (tertiary/aromatic N) is 2. The van der Waals surface area contributed by atoms with Crippen LogP contribution in [0.25, 0.3) is 10.6 Å². The highest BCUT2D eigenvalue weighted by Crippen LogP contribution is 2.23. The Labute approximate surface area is 176 Å². The number of hydrogen-bond donors (Lipinski definition) is 3. The molecule has 6 heteroatoms. The van der Waals surface area contributed by atoms with Gasteiger partial charge < -0.3 is 15.7 Å². The molecule has 0 aliphatic carbocycles. The largest absolute Gasteiger partial charge is 0.384 e. The molecular formula is C23H28N4OS. The number of nitrogens with one attached hydrogen (secondary N) is 2. The fourth-order valence-electron chi connectivity index (χ4n) is 2.91. The molecule has 29 heavy (non-hydrogen) atoms. The quantitative estimate of drug-likeness (QED) is 0.392. The van der Waals surface area contributed by atoms with E-state index in [0.717, 1.165) is 41.3 Å². The molecular weight excluding hydrogens is 380 g/mol. The van der Waals surface area contributed by atoms with Gasteiger partial charge in [0.2, 0.25) is 0 Å². The zero-order valence-electron chi connectivity index (χ0n) is 16.9. The predicted octanol–water partition coefficient (Wildman–Crippen LogP) is 3.82. The molecule has 2 aromatic carbocycles. The fraction of sp³-hybridized carbons (Fsp3) is 0.304. The van der Waals surface area contributed by atoms with Gasteiger partial charge >= 0.3 is 0 Å². The van der Waals surface area contributed by atoms with Crippen LogP contribution in [0.3, 0.4) is 0 Å². The number of thiazole rings is 1. The molecule has 1 heterocycles. The molecule has 1 unspecified atom stereocenters. The number of hydrogen-bond acceptors (Lipinski definition) is 4. The van der Waals surface area contributed by atoms with Gasteiger partial charge in [0.25, 0.3) is 0 Å². The van der Waals surface area contributed by atoms with Gasteiger partial charge in [-0.25, -0.2) is 9.98 Å². The van der Waals surface area contributed by atoms with Crippen LogP contribution in [-0.2, 0) is 12.0 Å². The van der Waals surface area contributed by atoms with Crippen LogP contribution in [0.2, 0.25) is 0 Å². The van der Waals surface area contributed by atoms with Gasteiger partial charge in [-0.1, -0.05) is 60.7 Å². The Hall–Kier alpha value is -2.70. The number of benzene rings is 2. The SMILES string of the molecule is CCNC(=NCC(C)(O)c1ccccc1)NCCc1csc(-c2ccccc2)n1. The van der Waals surface area contributed by atoms with Gasteiger partial charge in [0.15, 0.2) is 5.96 Å². The summed E-state index contributed by atoms with van der Waals surface area (Å²) in [7, 11) is 0. The third kappa shape index (κ3) is 6.14. The summed E-state index contributed by atoms with van der Waals surface area (Å²) in [5.74, 6) is 0.696. The molecule has 152 valence electrons. The number of guanidine groups is 1. The van der Waals surface area contributed by atoms with Crippen molar-refractivity contribution in [3.05, 3.63) is 77.3 Å². The van der Waals surface area contributed by atoms with Gasteiger partial charge in [-0.15, -0.1) is 11.3 Å². The first-order chi connectivity index (χ1) is 14.1. The molecule has 3 aromatic rings. The second kappa shape index (κ2) is 10.2. The van der Waals surface area contributed by atoms with Crippen LogP contribution in [0, 0.1) is 0 Å². The molecule has 0 radical (unpaired) electrons. The maximum absolute atomic E-state index is 10.7. The third-order valence-corrected chi connectivity index (χ3v) is 5.47. The lowest BCUT2D eigenvalue weighted by Crippen LogP contribution is -2.39. The lowest BCUT2D eigenvalue weighted by molar-refractivity contribution is 0.0672. The average molecular weight is 409 g/mol. The second-order valence-electron chi connectivity index (χ2n) is 7.02. The van der Waals surface area contributed by atoms with Gasteiger partial charge in [0, 0.05) is 30.5 Å². The van der Waals surface area contributed by atoms with Crippen molar-refractivity contribution in [1.29, 1.82) is 0 Å². The molecule has 1 atom stereocenters. The van der Waals surface area contributed by atoms with E-state index in [4.69, 9.17) is 4.98 Å². The highest BCUT2D eigenvalue weighted by molar-refractivity contribution is 7.13. The van der Waals surface area contributed by atoms with Crippen LogP contribution in [0.5, 0.6) is 0 Å². The van der Waals surface area contributed by atoms with E-state index in [1.165, 1.54) is 0 Å². The number of aromatic nitrogens is 1. The van der Waals surface area contributed by atoms with Crippen molar-refractivity contribution < 1.29 is 5.11 Å². The number of aliphatic imine (C=N–C) groups is 1. The van der Waals surface area contributed by atoms with Gasteiger partial charge in [0.05, 0.1) is 12.2 Å². The van der Waals surface area contributed by atoms with Crippen molar-refractivity contribution in [3.8, 4) is 10.6 Å². The Morgan fingerprint density at radius 3 is 2.45 bits per heavy atom. The highest BCUT2D eigenvalue weighted by atomic mass is 32.1. The topological polar surface area (TPSA) is 69.5 Å². The molecule has 5 nitrogen and oxygen atoms in total. The third-order valence-electron chi connectivity index (χ3n) is 4.53. The lowest BCUT2D eigenvalue weighted by Gasteiger charge is -2.22. The van der Waals surface area contributed by atoms with E-state index in [9.17, 15) is 5.11 Å². The summed E-state index contributed by atoms with van der Waals surface area (Å²) in [4.78, 5) is 9.30. The van der Waals surface area contributed by atoms with E-state index < -0.39 is 5.60 Å². The Kier molecular flexibility index (Phi) is 7.38. The van der Waals surface area contributed by atoms with Crippen molar-refractivity contribution in [3.63, 3.8) is 0 Å². The Bertz CT molecular complexity index is 907. The Morgan fingerprint density at radius 2 is 1.76 bits per heavy atom. The zero-order chi connectivity index (χ0) is 20.5. The van der Waals surface area contributed by atoms with Crippen LogP contribution in [0.4, 0.5) is 0 Å². The average Bonchev–Trinajstić information content (AvgIpc) is 3.22. The van der Waals surface area contributed by atoms with E-state index in [-0.39, 0.29) is 6.54 Å². The molecule has 1 aromatic heterocycles. The van der Waals surface area contributed by atoms with Crippen LogP contribution >= 0.6 is 11.3 Å². The fourth-order valence-corrected chi connectivity index (χ4v) is 3.77. The molecule has 0 amide bonds. The summed E-state index contributed by atoms with van der Waals surface area (Å²) in [6.07, 6.45) is 0.808. The molecule has 0 aliphatic heterocycles. The number of aliphatic hydroxyl groups is 1. The Morgan fingerprint density at radius 1 is 1.07 bits per heavy atom. The van der Waals surface area contributed by atoms with E-state index in [0.29, 0.717) is 5.96 Å². The van der Waals surface area contributed by atoms with Crippen molar-refractivity contribution in [2.24, 2.45) is 4.99 Å². The first-order valence-electron chi connectivity index (χ1n) is 9.88. The molecule has 0 saturated heterocycles. The molecule has 3 N–H and O–H groups in total. The summed E-state index contributed by atoms with van der Waals surface area (Å²) < 4.78 is 0. The maximum atomic E-state index is 10.7. The standard InChI is InChI=1S/C23H28N4OS/c1-3-24-22(26-17-23(2,28)19-12-8-5-9-13-19)25-15-14-20-16-29-21(27-20)18-10-6-4-7-11-18/h4-13,16,28H,3,14-15,17H2,1-2H3,(H2,24,25,26). The van der Waals surface area contributed by atoms with E-state index in [1.54, 1.807) is 18.3 Å². The van der Waals surface area contributed by atoms with Crippen LogP contribution in [0.1, 0.15) is 25.1 Å². The maximum Gasteiger partial charge on any atom is 0.191 e. The molecule has 3 rings (SSSR count). The zero-order valence-corrected chi connectivity index (χ0v) is 17.7. The minimum Gasteiger partial charge on any atom is -0.384 e. The van der Waals surface area contributed by atoms with Crippen molar-refractivity contribution in [2.45, 2.75) is 25.9 Å². The summed E-state index contributed by atoms with van der Waals surface area (Å²) in [6.45, 7) is 5.57. The van der Waals surface area contributed by atoms with Gasteiger partial charge in [-0.3, -0.25) is 0 Å². The van der Waals surface area contributed by atoms with Crippen LogP contribution in [-0.4, -0.2) is 35.7 Å². The summed E-state index contributed by atoms with van der Waals surface area (Å²) >= 11 is 1.67. The van der Waals surface area contributed by atoms with Gasteiger partial charge in [-0.05, 0) is 19.4 Å². The lowest BCUT2D eigenvalue weighted by atomic mass is 9.96. The highest BCUT2D eigenvalue weighted by Gasteiger charge is 2.22. The monoisotopic (exact) mass is 408 g/mol. The van der Waals surface area contributed by atoms with Crippen LogP contribution < -0.4 is 10.6 Å². The summed E-state index contributed by atoms with van der Waals surface area (Å²) in [5.41, 5.74) is 2.06. The smallest absolute Gasteiger partial charge is 0.191 e. The van der Waals surface area contributed by atoms with Crippen LogP contribution in [0.15, 0.2) is 71.0 Å². The molecule has 0 saturated carbocycles. The van der Waals surface area contributed by atoms with Crippen molar-refractivity contribution >= 4 is 17.3 Å². The van der Waals surface area contributed by atoms with E-state index in [2.05, 4.69) is 33.1 Å². The molecule has 0 bridgehead atoms. The van der Waals surface area contributed by atoms with Gasteiger partial charge in [0.1, 0.15) is 10.6 Å². The van der Waals surface area contributed by atoms with Crippen molar-refractivity contribution in [2.75, 3.05) is 19.6 Å². The molecule has 0 aliphatic rings. The first-order valence-corrected chi connectivity index (χ1v) is 10.8. The van der Waals surface area contributed by atoms with Crippen molar-refractivity contribution in [1.82, 2.24) is 15.6 Å². The van der Waals surface area contributed by atoms with E-state index >= 15 is 0 Å². The minimum atomic E-state index is -1.01. The number of rotatable bonds is 8. The Balaban J connectivity index is 1.56. The first kappa shape index (κ1) is 21.0. The molecule has 0 fully saturated rings. The summed E-state index contributed by atoms with van der Waals surface area (Å²) in [5, 5.41) is 20.5. The predicted molar refractivity (Wildman–Crippen MR) is 121 cm³/mol. The second-order valence-corrected chi connectivity index (χ2v) is 7.88.